The summed E-state index contributed by atoms with van der Waals surface area (Å²) in [5, 5.41) is 2.79. The van der Waals surface area contributed by atoms with Crippen LogP contribution in [0.2, 0.25) is 5.02 Å². The molecule has 0 bridgehead atoms. The van der Waals surface area contributed by atoms with Crippen LogP contribution in [0, 0.1) is 0 Å². The summed E-state index contributed by atoms with van der Waals surface area (Å²) in [6.45, 7) is 3.62. The van der Waals surface area contributed by atoms with Crippen LogP contribution in [-0.2, 0) is 14.8 Å². The molecule has 0 aromatic heterocycles. The zero-order valence-electron chi connectivity index (χ0n) is 16.5. The SMILES string of the molecule is CCOc1ccc(S(=O)(=O)N[C@@H](C)C(=O)Nc2cc(OC)ccc2OC)cc1Cl. The van der Waals surface area contributed by atoms with E-state index < -0.39 is 22.0 Å². The number of nitrogens with one attached hydrogen (secondary N) is 2. The number of methoxy groups -OCH3 is 2. The summed E-state index contributed by atoms with van der Waals surface area (Å²) in [4.78, 5) is 12.4. The van der Waals surface area contributed by atoms with Gasteiger partial charge in [-0.15, -0.1) is 0 Å². The normalized spacial score (nSPS) is 12.2. The number of amides is 1. The van der Waals surface area contributed by atoms with E-state index in [9.17, 15) is 13.2 Å². The molecule has 0 heterocycles. The van der Waals surface area contributed by atoms with Gasteiger partial charge in [0.1, 0.15) is 17.2 Å². The number of carbonyl (C=O) groups is 1. The van der Waals surface area contributed by atoms with E-state index in [1.807, 2.05) is 0 Å². The lowest BCUT2D eigenvalue weighted by atomic mass is 10.2. The van der Waals surface area contributed by atoms with Crippen molar-refractivity contribution < 1.29 is 27.4 Å². The monoisotopic (exact) mass is 442 g/mol. The molecule has 0 fully saturated rings. The van der Waals surface area contributed by atoms with Crippen molar-refractivity contribution in [2.24, 2.45) is 0 Å². The Balaban J connectivity index is 2.15. The fourth-order valence-electron chi connectivity index (χ4n) is 2.43. The molecule has 2 aromatic rings. The van der Waals surface area contributed by atoms with Gasteiger partial charge in [-0.25, -0.2) is 8.42 Å². The first-order valence-electron chi connectivity index (χ1n) is 8.69. The van der Waals surface area contributed by atoms with Crippen molar-refractivity contribution in [3.63, 3.8) is 0 Å². The first-order valence-corrected chi connectivity index (χ1v) is 10.6. The Morgan fingerprint density at radius 1 is 1.10 bits per heavy atom. The summed E-state index contributed by atoms with van der Waals surface area (Å²) < 4.78 is 43.2. The summed E-state index contributed by atoms with van der Waals surface area (Å²) in [6.07, 6.45) is 0. The maximum atomic E-state index is 12.6. The molecular weight excluding hydrogens is 420 g/mol. The molecule has 0 saturated heterocycles. The van der Waals surface area contributed by atoms with Gasteiger partial charge < -0.3 is 19.5 Å². The predicted molar refractivity (Wildman–Crippen MR) is 111 cm³/mol. The first-order chi connectivity index (χ1) is 13.7. The summed E-state index contributed by atoms with van der Waals surface area (Å²) in [6, 6.07) is 7.90. The Morgan fingerprint density at radius 2 is 1.79 bits per heavy atom. The molecule has 0 spiro atoms. The Bertz CT molecular complexity index is 981. The van der Waals surface area contributed by atoms with Gasteiger partial charge in [0, 0.05) is 6.07 Å². The molecule has 29 heavy (non-hydrogen) atoms. The van der Waals surface area contributed by atoms with Crippen molar-refractivity contribution in [1.29, 1.82) is 0 Å². The number of hydrogen-bond donors (Lipinski definition) is 2. The van der Waals surface area contributed by atoms with E-state index in [2.05, 4.69) is 10.0 Å². The van der Waals surface area contributed by atoms with Crippen LogP contribution < -0.4 is 24.2 Å². The number of hydrogen-bond acceptors (Lipinski definition) is 6. The molecule has 2 aromatic carbocycles. The second-order valence-electron chi connectivity index (χ2n) is 5.92. The molecule has 0 unspecified atom stereocenters. The number of anilines is 1. The van der Waals surface area contributed by atoms with Crippen molar-refractivity contribution in [2.75, 3.05) is 26.1 Å². The van der Waals surface area contributed by atoms with Crippen LogP contribution in [0.1, 0.15) is 13.8 Å². The number of carbonyl (C=O) groups excluding carboxylic acids is 1. The highest BCUT2D eigenvalue weighted by atomic mass is 35.5. The standard InChI is InChI=1S/C19H23ClN2O6S/c1-5-28-17-9-7-14(11-15(17)20)29(24,25)22-12(2)19(23)21-16-10-13(26-3)6-8-18(16)27-4/h6-12,22H,5H2,1-4H3,(H,21,23)/t12-/m0/s1. The largest absolute Gasteiger partial charge is 0.497 e. The van der Waals surface area contributed by atoms with Crippen LogP contribution in [0.3, 0.4) is 0 Å². The molecular formula is C19H23ClN2O6S. The van der Waals surface area contributed by atoms with Gasteiger partial charge in [0.25, 0.3) is 0 Å². The third-order valence-corrected chi connectivity index (χ3v) is 5.74. The van der Waals surface area contributed by atoms with Crippen molar-refractivity contribution in [2.45, 2.75) is 24.8 Å². The Labute approximate surface area is 175 Å². The fourth-order valence-corrected chi connectivity index (χ4v) is 3.96. The summed E-state index contributed by atoms with van der Waals surface area (Å²) in [5.74, 6) is 0.729. The maximum absolute atomic E-state index is 12.6. The minimum atomic E-state index is -3.99. The number of ether oxygens (including phenoxy) is 3. The lowest BCUT2D eigenvalue weighted by Crippen LogP contribution is -2.41. The topological polar surface area (TPSA) is 103 Å². The maximum Gasteiger partial charge on any atom is 0.242 e. The predicted octanol–water partition coefficient (Wildman–Crippen LogP) is 3.06. The van der Waals surface area contributed by atoms with E-state index in [1.165, 1.54) is 39.3 Å². The van der Waals surface area contributed by atoms with E-state index in [4.69, 9.17) is 25.8 Å². The molecule has 10 heteroatoms. The fraction of sp³-hybridized carbons (Fsp3) is 0.316. The van der Waals surface area contributed by atoms with Crippen LogP contribution in [0.25, 0.3) is 0 Å². The molecule has 1 atom stereocenters. The summed E-state index contributed by atoms with van der Waals surface area (Å²) in [7, 11) is -1.04. The second-order valence-corrected chi connectivity index (χ2v) is 8.04. The van der Waals surface area contributed by atoms with Crippen molar-refractivity contribution >= 4 is 33.2 Å². The van der Waals surface area contributed by atoms with Gasteiger partial charge in [-0.3, -0.25) is 4.79 Å². The molecule has 1 amide bonds. The molecule has 2 rings (SSSR count). The highest BCUT2D eigenvalue weighted by molar-refractivity contribution is 7.89. The molecule has 0 radical (unpaired) electrons. The van der Waals surface area contributed by atoms with E-state index >= 15 is 0 Å². The first kappa shape index (κ1) is 22.8. The van der Waals surface area contributed by atoms with Gasteiger partial charge in [0.05, 0.1) is 42.5 Å². The zero-order chi connectivity index (χ0) is 21.6. The van der Waals surface area contributed by atoms with Crippen molar-refractivity contribution in [3.05, 3.63) is 41.4 Å². The number of halogens is 1. The van der Waals surface area contributed by atoms with Crippen molar-refractivity contribution in [1.82, 2.24) is 4.72 Å². The van der Waals surface area contributed by atoms with Crippen LogP contribution in [-0.4, -0.2) is 41.2 Å². The second kappa shape index (κ2) is 9.82. The molecule has 0 aliphatic rings. The van der Waals surface area contributed by atoms with Gasteiger partial charge in [-0.05, 0) is 44.2 Å². The molecule has 8 nitrogen and oxygen atoms in total. The van der Waals surface area contributed by atoms with E-state index in [0.29, 0.717) is 29.5 Å². The summed E-state index contributed by atoms with van der Waals surface area (Å²) >= 11 is 6.06. The lowest BCUT2D eigenvalue weighted by molar-refractivity contribution is -0.117. The number of benzene rings is 2. The van der Waals surface area contributed by atoms with Crippen LogP contribution in [0.4, 0.5) is 5.69 Å². The average molecular weight is 443 g/mol. The third-order valence-electron chi connectivity index (χ3n) is 3.90. The zero-order valence-corrected chi connectivity index (χ0v) is 18.1. The summed E-state index contributed by atoms with van der Waals surface area (Å²) in [5.41, 5.74) is 0.354. The highest BCUT2D eigenvalue weighted by Crippen LogP contribution is 2.29. The Morgan fingerprint density at radius 3 is 2.38 bits per heavy atom. The number of rotatable bonds is 9. The third kappa shape index (κ3) is 5.75. The Kier molecular flexibility index (Phi) is 7.72. The quantitative estimate of drug-likeness (QED) is 0.618. The van der Waals surface area contributed by atoms with Crippen LogP contribution in [0.15, 0.2) is 41.3 Å². The van der Waals surface area contributed by atoms with Crippen LogP contribution in [0.5, 0.6) is 17.2 Å². The highest BCUT2D eigenvalue weighted by Gasteiger charge is 2.24. The molecule has 2 N–H and O–H groups in total. The van der Waals surface area contributed by atoms with Gasteiger partial charge in [-0.2, -0.15) is 4.72 Å². The van der Waals surface area contributed by atoms with E-state index in [1.54, 1.807) is 25.1 Å². The van der Waals surface area contributed by atoms with Crippen LogP contribution >= 0.6 is 11.6 Å². The molecule has 0 aliphatic carbocycles. The molecule has 158 valence electrons. The number of sulfonamides is 1. The van der Waals surface area contributed by atoms with Crippen molar-refractivity contribution in [3.8, 4) is 17.2 Å². The van der Waals surface area contributed by atoms with Gasteiger partial charge in [0.15, 0.2) is 0 Å². The molecule has 0 aliphatic heterocycles. The van der Waals surface area contributed by atoms with Gasteiger partial charge in [-0.1, -0.05) is 11.6 Å². The minimum absolute atomic E-state index is 0.0791. The molecule has 0 saturated carbocycles. The van der Waals surface area contributed by atoms with Gasteiger partial charge in [0.2, 0.25) is 15.9 Å². The average Bonchev–Trinajstić information content (AvgIpc) is 2.69. The minimum Gasteiger partial charge on any atom is -0.497 e. The van der Waals surface area contributed by atoms with E-state index in [0.717, 1.165) is 0 Å². The van der Waals surface area contributed by atoms with E-state index in [-0.39, 0.29) is 9.92 Å². The Hall–Kier alpha value is -2.49. The lowest BCUT2D eigenvalue weighted by Gasteiger charge is -2.17. The van der Waals surface area contributed by atoms with Gasteiger partial charge >= 0.3 is 0 Å². The smallest absolute Gasteiger partial charge is 0.242 e.